The normalized spacial score (nSPS) is 20.7. The molecule has 0 unspecified atom stereocenters. The third-order valence-corrected chi connectivity index (χ3v) is 4.63. The van der Waals surface area contributed by atoms with Gasteiger partial charge in [-0.1, -0.05) is 18.9 Å². The maximum atomic E-state index is 11.8. The smallest absolute Gasteiger partial charge is 0.309 e. The van der Waals surface area contributed by atoms with Crippen molar-refractivity contribution in [3.05, 3.63) is 11.6 Å². The third kappa shape index (κ3) is 4.41. The monoisotopic (exact) mass is 428 g/mol. The van der Waals surface area contributed by atoms with E-state index >= 15 is 0 Å². The van der Waals surface area contributed by atoms with E-state index in [1.54, 1.807) is 6.92 Å². The lowest BCUT2D eigenvalue weighted by molar-refractivity contribution is -0.148. The molecule has 1 aliphatic rings. The predicted octanol–water partition coefficient (Wildman–Crippen LogP) is 3.99. The largest absolute Gasteiger partial charge is 0.466 e. The number of nitriles is 2. The van der Waals surface area contributed by atoms with Gasteiger partial charge in [0.25, 0.3) is 0 Å². The Bertz CT molecular complexity index is 578. The number of esters is 1. The maximum Gasteiger partial charge on any atom is 0.309 e. The molecular formula is C16H17IN2O2S. The van der Waals surface area contributed by atoms with E-state index in [2.05, 4.69) is 44.5 Å². The summed E-state index contributed by atoms with van der Waals surface area (Å²) in [7, 11) is 1.33. The summed E-state index contributed by atoms with van der Waals surface area (Å²) in [6.45, 7) is 4.09. The van der Waals surface area contributed by atoms with Crippen molar-refractivity contribution in [3.8, 4) is 23.3 Å². The topological polar surface area (TPSA) is 73.9 Å². The fourth-order valence-corrected chi connectivity index (χ4v) is 3.29. The molecule has 0 fully saturated rings. The lowest BCUT2D eigenvalue weighted by Crippen LogP contribution is -2.30. The van der Waals surface area contributed by atoms with Crippen LogP contribution in [-0.4, -0.2) is 12.6 Å². The van der Waals surface area contributed by atoms with Gasteiger partial charge >= 0.3 is 5.97 Å². The van der Waals surface area contributed by atoms with Gasteiger partial charge in [0.2, 0.25) is 0 Å². The molecule has 4 nitrogen and oxygen atoms in total. The van der Waals surface area contributed by atoms with Crippen molar-refractivity contribution in [1.29, 1.82) is 10.5 Å². The molecule has 0 amide bonds. The Labute approximate surface area is 147 Å². The van der Waals surface area contributed by atoms with Crippen LogP contribution in [0.25, 0.3) is 0 Å². The van der Waals surface area contributed by atoms with E-state index in [1.165, 1.54) is 8.93 Å². The van der Waals surface area contributed by atoms with E-state index in [0.29, 0.717) is 19.4 Å². The van der Waals surface area contributed by atoms with Crippen molar-refractivity contribution < 1.29 is 9.53 Å². The first-order valence-electron chi connectivity index (χ1n) is 6.99. The molecule has 0 bridgehead atoms. The number of hydrogen-bond acceptors (Lipinski definition) is 5. The summed E-state index contributed by atoms with van der Waals surface area (Å²) in [6, 6.07) is 4.27. The highest BCUT2D eigenvalue weighted by Gasteiger charge is 2.40. The summed E-state index contributed by atoms with van der Waals surface area (Å²) in [4.78, 5) is 11.8. The van der Waals surface area contributed by atoms with Gasteiger partial charge in [-0.15, -0.1) is 0 Å². The van der Waals surface area contributed by atoms with E-state index in [4.69, 9.17) is 4.74 Å². The molecule has 1 rings (SSSR count). The summed E-state index contributed by atoms with van der Waals surface area (Å²) >= 11 is 2.05. The third-order valence-electron chi connectivity index (χ3n) is 3.75. The Morgan fingerprint density at radius 2 is 2.23 bits per heavy atom. The number of ether oxygens (including phenoxy) is 1. The molecular weight excluding hydrogens is 411 g/mol. The average molecular weight is 428 g/mol. The summed E-state index contributed by atoms with van der Waals surface area (Å²) in [6.07, 6.45) is 3.17. The van der Waals surface area contributed by atoms with Crippen LogP contribution in [0.15, 0.2) is 11.6 Å². The van der Waals surface area contributed by atoms with Crippen LogP contribution in [0.5, 0.6) is 0 Å². The van der Waals surface area contributed by atoms with Gasteiger partial charge in [-0.25, -0.2) is 0 Å². The van der Waals surface area contributed by atoms with E-state index < -0.39 is 5.41 Å². The van der Waals surface area contributed by atoms with Crippen molar-refractivity contribution in [2.24, 2.45) is 17.3 Å². The van der Waals surface area contributed by atoms with E-state index in [1.807, 2.05) is 13.0 Å². The van der Waals surface area contributed by atoms with Crippen LogP contribution in [0.4, 0.5) is 0 Å². The highest BCUT2D eigenvalue weighted by atomic mass is 127. The molecule has 0 heterocycles. The van der Waals surface area contributed by atoms with E-state index in [9.17, 15) is 15.3 Å². The van der Waals surface area contributed by atoms with Crippen LogP contribution >= 0.6 is 30.1 Å². The van der Waals surface area contributed by atoms with Gasteiger partial charge in [-0.2, -0.15) is 10.5 Å². The van der Waals surface area contributed by atoms with Crippen molar-refractivity contribution in [3.63, 3.8) is 0 Å². The van der Waals surface area contributed by atoms with Crippen LogP contribution in [0.1, 0.15) is 33.1 Å². The summed E-state index contributed by atoms with van der Waals surface area (Å²) in [5.41, 5.74) is -0.441. The second-order valence-electron chi connectivity index (χ2n) is 5.14. The second-order valence-corrected chi connectivity index (χ2v) is 6.82. The lowest BCUT2D eigenvalue weighted by Gasteiger charge is -2.31. The Kier molecular flexibility index (Phi) is 7.79. The molecule has 0 spiro atoms. The fourth-order valence-electron chi connectivity index (χ4n) is 2.70. The maximum absolute atomic E-state index is 11.8. The van der Waals surface area contributed by atoms with Crippen molar-refractivity contribution in [2.45, 2.75) is 33.1 Å². The Morgan fingerprint density at radius 1 is 1.55 bits per heavy atom. The van der Waals surface area contributed by atoms with Gasteiger partial charge in [0.1, 0.15) is 0 Å². The molecule has 6 heteroatoms. The second kappa shape index (κ2) is 9.08. The molecule has 0 aromatic heterocycles. The van der Waals surface area contributed by atoms with Crippen LogP contribution < -0.4 is 0 Å². The average Bonchev–Trinajstić information content (AvgIpc) is 2.52. The summed E-state index contributed by atoms with van der Waals surface area (Å²) in [5.74, 6) is 2.47. The number of carbonyl (C=O) groups is 1. The number of nitrogens with zero attached hydrogens (tertiary/aromatic N) is 2. The summed E-state index contributed by atoms with van der Waals surface area (Å²) in [5, 5.41) is 21.9. The molecule has 22 heavy (non-hydrogen) atoms. The number of allylic oxidation sites excluding steroid dienone is 2. The molecule has 0 radical (unpaired) electrons. The number of hydrogen-bond donors (Lipinski definition) is 0. The first-order chi connectivity index (χ1) is 10.5. The van der Waals surface area contributed by atoms with Crippen LogP contribution in [0, 0.1) is 51.1 Å². The van der Waals surface area contributed by atoms with Crippen molar-refractivity contribution in [2.75, 3.05) is 6.61 Å². The number of carbonyl (C=O) groups excluding carboxylic acids is 1. The van der Waals surface area contributed by atoms with Gasteiger partial charge in [0, 0.05) is 27.6 Å². The molecule has 2 atom stereocenters. The van der Waals surface area contributed by atoms with Gasteiger partial charge in [-0.05, 0) is 45.4 Å². The van der Waals surface area contributed by atoms with Crippen molar-refractivity contribution in [1.82, 2.24) is 0 Å². The molecule has 116 valence electrons. The summed E-state index contributed by atoms with van der Waals surface area (Å²) < 4.78 is 5.06. The minimum Gasteiger partial charge on any atom is -0.466 e. The molecule has 0 N–H and O–H groups in total. The molecule has 1 aliphatic carbocycles. The zero-order valence-corrected chi connectivity index (χ0v) is 15.5. The predicted molar refractivity (Wildman–Crippen MR) is 94.3 cm³/mol. The Balaban J connectivity index is 3.01. The zero-order chi connectivity index (χ0) is 16.6. The number of rotatable bonds is 4. The Morgan fingerprint density at radius 3 is 2.73 bits per heavy atom. The van der Waals surface area contributed by atoms with Crippen LogP contribution in [-0.2, 0) is 9.53 Å². The van der Waals surface area contributed by atoms with E-state index in [-0.39, 0.29) is 24.2 Å². The Hall–Kier alpha value is -1.17. The highest BCUT2D eigenvalue weighted by molar-refractivity contribution is 14.2. The fraction of sp³-hybridized carbons (Fsp3) is 0.562. The minimum atomic E-state index is -1.22. The van der Waals surface area contributed by atoms with Gasteiger partial charge in [0.15, 0.2) is 5.41 Å². The first kappa shape index (κ1) is 18.9. The van der Waals surface area contributed by atoms with Crippen LogP contribution in [0.3, 0.4) is 0 Å². The quantitative estimate of drug-likeness (QED) is 0.293. The lowest BCUT2D eigenvalue weighted by atomic mass is 9.69. The molecule has 0 aromatic rings. The standard InChI is InChI=1S/C16H17IN2O2S/c1-3-21-15(20)13-5-6-14(12(2)9-13)16(10-18,11-19)7-4-8-22-17/h6,12-13H,3,5,7,9H2,1-2H3/t12-,13+/m1/s1. The van der Waals surface area contributed by atoms with E-state index in [0.717, 1.165) is 5.57 Å². The highest BCUT2D eigenvalue weighted by Crippen LogP contribution is 2.41. The molecule has 0 aromatic carbocycles. The SMILES string of the molecule is CCOC(=O)[C@H]1CC=C(C(C#N)(C#N)CC#CSI)[C@H](C)C1. The van der Waals surface area contributed by atoms with Gasteiger partial charge in [0.05, 0.1) is 24.7 Å². The molecule has 0 saturated carbocycles. The molecule has 0 saturated heterocycles. The zero-order valence-electron chi connectivity index (χ0n) is 12.6. The molecule has 0 aliphatic heterocycles. The van der Waals surface area contributed by atoms with Gasteiger partial charge in [-0.3, -0.25) is 4.79 Å². The van der Waals surface area contributed by atoms with Crippen LogP contribution in [0.2, 0.25) is 0 Å². The first-order valence-corrected chi connectivity index (χ1v) is 10.4. The van der Waals surface area contributed by atoms with Gasteiger partial charge < -0.3 is 4.74 Å². The van der Waals surface area contributed by atoms with Crippen molar-refractivity contribution >= 4 is 36.1 Å². The minimum absolute atomic E-state index is 0.0171. The number of halogens is 1.